The smallest absolute Gasteiger partial charge is 0.119 e. The van der Waals surface area contributed by atoms with Crippen LogP contribution >= 0.6 is 23.5 Å². The van der Waals surface area contributed by atoms with Crippen LogP contribution in [-0.4, -0.2) is 18.1 Å². The topological polar surface area (TPSA) is 9.23 Å². The fraction of sp³-hybridized carbons (Fsp3) is 0.739. The lowest BCUT2D eigenvalue weighted by Gasteiger charge is -2.28. The molecule has 1 nitrogen and oxygen atoms in total. The van der Waals surface area contributed by atoms with Crippen LogP contribution in [0, 0.1) is 5.92 Å². The van der Waals surface area contributed by atoms with Gasteiger partial charge in [-0.05, 0) is 48.0 Å². The normalized spacial score (nSPS) is 20.2. The number of rotatable bonds is 13. The van der Waals surface area contributed by atoms with Crippen molar-refractivity contribution in [3.63, 3.8) is 0 Å². The number of benzene rings is 1. The molecule has 1 aromatic carbocycles. The highest BCUT2D eigenvalue weighted by molar-refractivity contribution is 8.16. The molecule has 3 heteroatoms. The molecule has 2 rings (SSSR count). The minimum atomic E-state index is 0.616. The van der Waals surface area contributed by atoms with Crippen molar-refractivity contribution in [2.75, 3.05) is 18.1 Å². The molecular weight excluding hydrogens is 356 g/mol. The van der Waals surface area contributed by atoms with Gasteiger partial charge in [0.15, 0.2) is 0 Å². The maximum Gasteiger partial charge on any atom is 0.119 e. The van der Waals surface area contributed by atoms with E-state index in [2.05, 4.69) is 61.6 Å². The summed E-state index contributed by atoms with van der Waals surface area (Å²) in [5, 5.41) is 0. The van der Waals surface area contributed by atoms with Gasteiger partial charge in [0.25, 0.3) is 0 Å². The van der Waals surface area contributed by atoms with Crippen LogP contribution in [0.5, 0.6) is 5.75 Å². The zero-order valence-corrected chi connectivity index (χ0v) is 18.5. The Bertz CT molecular complexity index is 452. The molecule has 1 aromatic rings. The number of hydrogen-bond acceptors (Lipinski definition) is 3. The Balaban J connectivity index is 1.62. The van der Waals surface area contributed by atoms with Gasteiger partial charge in [-0.2, -0.15) is 0 Å². The molecule has 1 fully saturated rings. The lowest BCUT2D eigenvalue weighted by Crippen LogP contribution is -2.14. The van der Waals surface area contributed by atoms with E-state index in [0.717, 1.165) is 18.3 Å². The third kappa shape index (κ3) is 8.61. The summed E-state index contributed by atoms with van der Waals surface area (Å²) in [7, 11) is 0. The largest absolute Gasteiger partial charge is 0.494 e. The summed E-state index contributed by atoms with van der Waals surface area (Å²) in [4.78, 5) is 0. The Hall–Kier alpha value is -0.280. The van der Waals surface area contributed by atoms with Gasteiger partial charge in [0.2, 0.25) is 0 Å². The summed E-state index contributed by atoms with van der Waals surface area (Å²) in [5.74, 6) is 4.62. The van der Waals surface area contributed by atoms with Crippen molar-refractivity contribution in [1.82, 2.24) is 0 Å². The molecule has 0 unspecified atom stereocenters. The predicted octanol–water partition coefficient (Wildman–Crippen LogP) is 8.10. The third-order valence-electron chi connectivity index (χ3n) is 5.10. The third-order valence-corrected chi connectivity index (χ3v) is 8.40. The highest BCUT2D eigenvalue weighted by Gasteiger charge is 2.23. The lowest BCUT2D eigenvalue weighted by molar-refractivity contribution is 0.305. The zero-order chi connectivity index (χ0) is 18.5. The fourth-order valence-electron chi connectivity index (χ4n) is 3.38. The van der Waals surface area contributed by atoms with Gasteiger partial charge in [0, 0.05) is 0 Å². The van der Waals surface area contributed by atoms with E-state index in [1.165, 1.54) is 81.3 Å². The summed E-state index contributed by atoms with van der Waals surface area (Å²) >= 11 is 4.30. The van der Waals surface area contributed by atoms with Crippen LogP contribution in [-0.2, 0) is 0 Å². The molecule has 26 heavy (non-hydrogen) atoms. The van der Waals surface area contributed by atoms with Crippen molar-refractivity contribution < 1.29 is 4.74 Å². The molecule has 1 aliphatic rings. The second-order valence-electron chi connectivity index (χ2n) is 7.55. The van der Waals surface area contributed by atoms with Crippen LogP contribution in [0.2, 0.25) is 0 Å². The molecule has 0 amide bonds. The Labute approximate surface area is 170 Å². The standard InChI is InChI=1S/C23H38OS2/c1-3-5-7-9-10-12-20-18-25-23(26-19-20)21-13-15-22(16-14-21)24-17-11-8-6-4-2/h13-16,20,23H,3-12,17-19H2,1-2H3. The second-order valence-corrected chi connectivity index (χ2v) is 10.1. The summed E-state index contributed by atoms with van der Waals surface area (Å²) in [6, 6.07) is 8.88. The zero-order valence-electron chi connectivity index (χ0n) is 16.9. The second kappa shape index (κ2) is 13.8. The quantitative estimate of drug-likeness (QED) is 0.313. The van der Waals surface area contributed by atoms with Crippen molar-refractivity contribution in [3.05, 3.63) is 29.8 Å². The summed E-state index contributed by atoms with van der Waals surface area (Å²) in [6.07, 6.45) is 13.5. The molecule has 0 radical (unpaired) electrons. The Morgan fingerprint density at radius 2 is 1.42 bits per heavy atom. The minimum Gasteiger partial charge on any atom is -0.494 e. The molecular formula is C23H38OS2. The van der Waals surface area contributed by atoms with Gasteiger partial charge in [0.05, 0.1) is 11.2 Å². The SMILES string of the molecule is CCCCCCCC1CSC(c2ccc(OCCCCCC)cc2)SC1. The number of ether oxygens (including phenoxy) is 1. The highest BCUT2D eigenvalue weighted by atomic mass is 32.2. The molecule has 1 saturated heterocycles. The number of unbranched alkanes of at least 4 members (excludes halogenated alkanes) is 7. The molecule has 0 atom stereocenters. The summed E-state index contributed by atoms with van der Waals surface area (Å²) < 4.78 is 6.49. The molecule has 0 N–H and O–H groups in total. The van der Waals surface area contributed by atoms with Gasteiger partial charge >= 0.3 is 0 Å². The molecule has 0 spiro atoms. The van der Waals surface area contributed by atoms with E-state index in [0.29, 0.717) is 4.58 Å². The lowest BCUT2D eigenvalue weighted by atomic mass is 10.0. The molecule has 0 saturated carbocycles. The van der Waals surface area contributed by atoms with E-state index in [1.54, 1.807) is 0 Å². The Kier molecular flexibility index (Phi) is 11.7. The predicted molar refractivity (Wildman–Crippen MR) is 121 cm³/mol. The summed E-state index contributed by atoms with van der Waals surface area (Å²) in [6.45, 7) is 5.39. The molecule has 1 aliphatic heterocycles. The maximum absolute atomic E-state index is 5.87. The van der Waals surface area contributed by atoms with Gasteiger partial charge in [-0.1, -0.05) is 77.3 Å². The molecule has 1 heterocycles. The fourth-order valence-corrected chi connectivity index (χ4v) is 6.55. The van der Waals surface area contributed by atoms with Crippen molar-refractivity contribution in [1.29, 1.82) is 0 Å². The minimum absolute atomic E-state index is 0.616. The van der Waals surface area contributed by atoms with Crippen LogP contribution in [0.25, 0.3) is 0 Å². The maximum atomic E-state index is 5.87. The van der Waals surface area contributed by atoms with Crippen LogP contribution in [0.3, 0.4) is 0 Å². The first kappa shape index (κ1) is 22.0. The van der Waals surface area contributed by atoms with E-state index in [1.807, 2.05) is 0 Å². The van der Waals surface area contributed by atoms with Gasteiger partial charge in [-0.15, -0.1) is 23.5 Å². The van der Waals surface area contributed by atoms with Crippen LogP contribution in [0.15, 0.2) is 24.3 Å². The van der Waals surface area contributed by atoms with Crippen molar-refractivity contribution in [3.8, 4) is 5.75 Å². The van der Waals surface area contributed by atoms with Gasteiger partial charge in [-0.3, -0.25) is 0 Å². The summed E-state index contributed by atoms with van der Waals surface area (Å²) in [5.41, 5.74) is 1.46. The van der Waals surface area contributed by atoms with E-state index in [9.17, 15) is 0 Å². The Morgan fingerprint density at radius 1 is 0.808 bits per heavy atom. The first-order valence-electron chi connectivity index (χ1n) is 10.8. The Morgan fingerprint density at radius 3 is 2.08 bits per heavy atom. The average Bonchev–Trinajstić information content (AvgIpc) is 2.69. The molecule has 148 valence electrons. The van der Waals surface area contributed by atoms with Crippen molar-refractivity contribution >= 4 is 23.5 Å². The molecule has 0 aromatic heterocycles. The van der Waals surface area contributed by atoms with Crippen LogP contribution in [0.4, 0.5) is 0 Å². The number of thioether (sulfide) groups is 2. The highest BCUT2D eigenvalue weighted by Crippen LogP contribution is 2.46. The van der Waals surface area contributed by atoms with Gasteiger partial charge in [0.1, 0.15) is 5.75 Å². The van der Waals surface area contributed by atoms with E-state index in [4.69, 9.17) is 4.74 Å². The first-order valence-corrected chi connectivity index (χ1v) is 12.9. The van der Waals surface area contributed by atoms with Gasteiger partial charge in [-0.25, -0.2) is 0 Å². The monoisotopic (exact) mass is 394 g/mol. The van der Waals surface area contributed by atoms with Crippen molar-refractivity contribution in [2.45, 2.75) is 82.6 Å². The van der Waals surface area contributed by atoms with Crippen molar-refractivity contribution in [2.24, 2.45) is 5.92 Å². The average molecular weight is 395 g/mol. The van der Waals surface area contributed by atoms with Gasteiger partial charge < -0.3 is 4.74 Å². The van der Waals surface area contributed by atoms with E-state index < -0.39 is 0 Å². The molecule has 0 aliphatic carbocycles. The first-order chi connectivity index (χ1) is 12.8. The number of hydrogen-bond donors (Lipinski definition) is 0. The van der Waals surface area contributed by atoms with Crippen LogP contribution < -0.4 is 4.74 Å². The molecule has 0 bridgehead atoms. The van der Waals surface area contributed by atoms with Crippen LogP contribution in [0.1, 0.15) is 88.2 Å². The van der Waals surface area contributed by atoms with E-state index in [-0.39, 0.29) is 0 Å². The van der Waals surface area contributed by atoms with E-state index >= 15 is 0 Å².